The normalized spacial score (nSPS) is 21.4. The van der Waals surface area contributed by atoms with Crippen LogP contribution in [0.2, 0.25) is 5.02 Å². The van der Waals surface area contributed by atoms with Crippen LogP contribution in [-0.4, -0.2) is 30.1 Å². The monoisotopic (exact) mass is 284 g/mol. The molecular weight excluding hydrogens is 263 g/mol. The van der Waals surface area contributed by atoms with E-state index in [1.807, 2.05) is 0 Å². The van der Waals surface area contributed by atoms with E-state index in [1.54, 1.807) is 6.07 Å². The van der Waals surface area contributed by atoms with E-state index in [9.17, 15) is 4.39 Å². The van der Waals surface area contributed by atoms with Gasteiger partial charge in [0.25, 0.3) is 0 Å². The molecule has 1 aliphatic heterocycles. The van der Waals surface area contributed by atoms with Crippen molar-refractivity contribution in [1.82, 2.24) is 4.90 Å². The number of anilines is 1. The van der Waals surface area contributed by atoms with Crippen molar-refractivity contribution < 1.29 is 4.39 Å². The SMILES string of the molecule is CC(C)N1CCCC(Nc2ccc(F)cc2Cl)CC1. The van der Waals surface area contributed by atoms with Gasteiger partial charge in [-0.1, -0.05) is 11.6 Å². The molecule has 1 unspecified atom stereocenters. The minimum Gasteiger partial charge on any atom is -0.381 e. The second kappa shape index (κ2) is 6.58. The molecule has 0 bridgehead atoms. The lowest BCUT2D eigenvalue weighted by Crippen LogP contribution is -2.32. The number of hydrogen-bond acceptors (Lipinski definition) is 2. The van der Waals surface area contributed by atoms with Crippen LogP contribution < -0.4 is 5.32 Å². The highest BCUT2D eigenvalue weighted by Gasteiger charge is 2.19. The summed E-state index contributed by atoms with van der Waals surface area (Å²) in [6, 6.07) is 5.56. The van der Waals surface area contributed by atoms with Crippen molar-refractivity contribution in [2.45, 2.75) is 45.2 Å². The van der Waals surface area contributed by atoms with Gasteiger partial charge in [-0.15, -0.1) is 0 Å². The first-order valence-electron chi connectivity index (χ1n) is 7.02. The third-order valence-electron chi connectivity index (χ3n) is 3.78. The summed E-state index contributed by atoms with van der Waals surface area (Å²) in [7, 11) is 0. The third-order valence-corrected chi connectivity index (χ3v) is 4.10. The fraction of sp³-hybridized carbons (Fsp3) is 0.600. The van der Waals surface area contributed by atoms with Crippen LogP contribution in [0.25, 0.3) is 0 Å². The Kier molecular flexibility index (Phi) is 5.06. The van der Waals surface area contributed by atoms with Crippen LogP contribution >= 0.6 is 11.6 Å². The van der Waals surface area contributed by atoms with Crippen molar-refractivity contribution in [2.75, 3.05) is 18.4 Å². The average Bonchev–Trinajstić information content (AvgIpc) is 2.58. The van der Waals surface area contributed by atoms with Crippen molar-refractivity contribution in [3.8, 4) is 0 Å². The van der Waals surface area contributed by atoms with Crippen molar-refractivity contribution in [3.05, 3.63) is 29.0 Å². The maximum absolute atomic E-state index is 13.0. The van der Waals surface area contributed by atoms with Crippen LogP contribution in [0.3, 0.4) is 0 Å². The lowest BCUT2D eigenvalue weighted by Gasteiger charge is -2.24. The van der Waals surface area contributed by atoms with Gasteiger partial charge in [0, 0.05) is 18.6 Å². The molecule has 1 aromatic rings. The summed E-state index contributed by atoms with van der Waals surface area (Å²) in [4.78, 5) is 2.51. The number of hydrogen-bond donors (Lipinski definition) is 1. The Morgan fingerprint density at radius 2 is 2.11 bits per heavy atom. The zero-order valence-electron chi connectivity index (χ0n) is 11.6. The van der Waals surface area contributed by atoms with Crippen LogP contribution in [-0.2, 0) is 0 Å². The molecule has 4 heteroatoms. The number of rotatable bonds is 3. The van der Waals surface area contributed by atoms with Gasteiger partial charge in [0.1, 0.15) is 5.82 Å². The summed E-state index contributed by atoms with van der Waals surface area (Å²) < 4.78 is 13.0. The second-order valence-corrected chi connectivity index (χ2v) is 5.93. The molecule has 0 aliphatic carbocycles. The molecule has 1 aromatic carbocycles. The van der Waals surface area contributed by atoms with Gasteiger partial charge in [-0.3, -0.25) is 0 Å². The fourth-order valence-corrected chi connectivity index (χ4v) is 2.83. The van der Waals surface area contributed by atoms with Crippen LogP contribution in [0.5, 0.6) is 0 Å². The van der Waals surface area contributed by atoms with Gasteiger partial charge in [-0.2, -0.15) is 0 Å². The first-order chi connectivity index (χ1) is 9.06. The molecular formula is C15H22ClFN2. The van der Waals surface area contributed by atoms with Crippen LogP contribution in [0.15, 0.2) is 18.2 Å². The van der Waals surface area contributed by atoms with E-state index in [2.05, 4.69) is 24.1 Å². The summed E-state index contributed by atoms with van der Waals surface area (Å²) >= 11 is 6.06. The molecule has 0 amide bonds. The van der Waals surface area contributed by atoms with E-state index in [0.29, 0.717) is 17.1 Å². The summed E-state index contributed by atoms with van der Waals surface area (Å²) in [5, 5.41) is 3.91. The highest BCUT2D eigenvalue weighted by Crippen LogP contribution is 2.25. The number of nitrogens with one attached hydrogen (secondary N) is 1. The van der Waals surface area contributed by atoms with Crippen LogP contribution in [0, 0.1) is 5.82 Å². The molecule has 2 rings (SSSR count). The fourth-order valence-electron chi connectivity index (χ4n) is 2.61. The zero-order chi connectivity index (χ0) is 13.8. The molecule has 0 radical (unpaired) electrons. The number of benzene rings is 1. The Hall–Kier alpha value is -0.800. The molecule has 1 N–H and O–H groups in total. The first kappa shape index (κ1) is 14.6. The molecule has 0 saturated carbocycles. The van der Waals surface area contributed by atoms with E-state index in [-0.39, 0.29) is 5.82 Å². The third kappa shape index (κ3) is 4.08. The minimum absolute atomic E-state index is 0.289. The first-order valence-corrected chi connectivity index (χ1v) is 7.39. The standard InChI is InChI=1S/C15H22ClFN2/c1-11(2)19-8-3-4-13(7-9-19)18-15-6-5-12(17)10-14(15)16/h5-6,10-11,13,18H,3-4,7-9H2,1-2H3. The summed E-state index contributed by atoms with van der Waals surface area (Å²) in [6.07, 6.45) is 3.43. The Bertz CT molecular complexity index is 423. The highest BCUT2D eigenvalue weighted by molar-refractivity contribution is 6.33. The maximum Gasteiger partial charge on any atom is 0.124 e. The highest BCUT2D eigenvalue weighted by atomic mass is 35.5. The van der Waals surface area contributed by atoms with Crippen molar-refractivity contribution in [1.29, 1.82) is 0 Å². The largest absolute Gasteiger partial charge is 0.381 e. The second-order valence-electron chi connectivity index (χ2n) is 5.53. The Morgan fingerprint density at radius 1 is 1.32 bits per heavy atom. The summed E-state index contributed by atoms with van der Waals surface area (Å²) in [5.74, 6) is -0.289. The quantitative estimate of drug-likeness (QED) is 0.897. The van der Waals surface area contributed by atoms with Gasteiger partial charge in [0.05, 0.1) is 10.7 Å². The predicted molar refractivity (Wildman–Crippen MR) is 79.4 cm³/mol. The van der Waals surface area contributed by atoms with Gasteiger partial charge in [0.2, 0.25) is 0 Å². The van der Waals surface area contributed by atoms with E-state index >= 15 is 0 Å². The Labute approximate surface area is 119 Å². The van der Waals surface area contributed by atoms with E-state index < -0.39 is 0 Å². The molecule has 1 fully saturated rings. The lowest BCUT2D eigenvalue weighted by molar-refractivity contribution is 0.230. The smallest absolute Gasteiger partial charge is 0.124 e. The molecule has 0 aromatic heterocycles. The van der Waals surface area contributed by atoms with Crippen molar-refractivity contribution in [2.24, 2.45) is 0 Å². The Balaban J connectivity index is 1.96. The topological polar surface area (TPSA) is 15.3 Å². The predicted octanol–water partition coefficient (Wildman–Crippen LogP) is 4.15. The average molecular weight is 285 g/mol. The van der Waals surface area contributed by atoms with Gasteiger partial charge in [-0.05, 0) is 57.9 Å². The lowest BCUT2D eigenvalue weighted by atomic mass is 10.1. The van der Waals surface area contributed by atoms with E-state index in [1.165, 1.54) is 18.6 Å². The van der Waals surface area contributed by atoms with Crippen molar-refractivity contribution >= 4 is 17.3 Å². The van der Waals surface area contributed by atoms with Gasteiger partial charge in [-0.25, -0.2) is 4.39 Å². The number of nitrogens with zero attached hydrogens (tertiary/aromatic N) is 1. The molecule has 19 heavy (non-hydrogen) atoms. The van der Waals surface area contributed by atoms with Gasteiger partial charge in [0.15, 0.2) is 0 Å². The molecule has 0 spiro atoms. The molecule has 1 atom stereocenters. The number of halogens is 2. The zero-order valence-corrected chi connectivity index (χ0v) is 12.4. The van der Waals surface area contributed by atoms with Crippen molar-refractivity contribution in [3.63, 3.8) is 0 Å². The van der Waals surface area contributed by atoms with Crippen LogP contribution in [0.1, 0.15) is 33.1 Å². The molecule has 1 heterocycles. The summed E-state index contributed by atoms with van der Waals surface area (Å²) in [5.41, 5.74) is 0.839. The van der Waals surface area contributed by atoms with Gasteiger partial charge >= 0.3 is 0 Å². The van der Waals surface area contributed by atoms with Crippen LogP contribution in [0.4, 0.5) is 10.1 Å². The van der Waals surface area contributed by atoms with E-state index in [0.717, 1.165) is 31.6 Å². The molecule has 106 valence electrons. The molecule has 2 nitrogen and oxygen atoms in total. The summed E-state index contributed by atoms with van der Waals surface area (Å²) in [6.45, 7) is 6.75. The van der Waals surface area contributed by atoms with E-state index in [4.69, 9.17) is 11.6 Å². The number of likely N-dealkylation sites (tertiary alicyclic amines) is 1. The molecule has 1 aliphatic rings. The van der Waals surface area contributed by atoms with Gasteiger partial charge < -0.3 is 10.2 Å². The molecule has 1 saturated heterocycles. The Morgan fingerprint density at radius 3 is 2.79 bits per heavy atom. The maximum atomic E-state index is 13.0. The minimum atomic E-state index is -0.289.